The Morgan fingerprint density at radius 3 is 2.00 bits per heavy atom. The molecule has 0 atom stereocenters. The molecule has 1 amide bonds. The molecule has 5 nitrogen and oxygen atoms in total. The summed E-state index contributed by atoms with van der Waals surface area (Å²) in [5.41, 5.74) is -2.24. The van der Waals surface area contributed by atoms with Crippen molar-refractivity contribution in [2.24, 2.45) is 0 Å². The summed E-state index contributed by atoms with van der Waals surface area (Å²) in [5, 5.41) is 17.3. The van der Waals surface area contributed by atoms with Crippen molar-refractivity contribution in [1.82, 2.24) is 4.90 Å². The van der Waals surface area contributed by atoms with Crippen molar-refractivity contribution >= 4 is 11.9 Å². The van der Waals surface area contributed by atoms with Crippen LogP contribution in [0.4, 0.5) is 13.2 Å². The molecule has 0 aliphatic carbocycles. The van der Waals surface area contributed by atoms with E-state index in [1.54, 1.807) is 0 Å². The minimum atomic E-state index is -5.03. The van der Waals surface area contributed by atoms with E-state index in [0.717, 1.165) is 0 Å². The van der Waals surface area contributed by atoms with Gasteiger partial charge in [0.1, 0.15) is 0 Å². The van der Waals surface area contributed by atoms with Crippen LogP contribution in [0.15, 0.2) is 0 Å². The van der Waals surface area contributed by atoms with Crippen molar-refractivity contribution < 1.29 is 33.0 Å². The fourth-order valence-electron chi connectivity index (χ4n) is 1.04. The highest BCUT2D eigenvalue weighted by Gasteiger charge is 2.55. The summed E-state index contributed by atoms with van der Waals surface area (Å²) in [6, 6.07) is 0. The predicted octanol–water partition coefficient (Wildman–Crippen LogP) is -0.793. The number of carbonyl (C=O) groups excluding carboxylic acids is 1. The molecule has 1 aliphatic heterocycles. The van der Waals surface area contributed by atoms with E-state index in [4.69, 9.17) is 10.2 Å². The van der Waals surface area contributed by atoms with Gasteiger partial charge in [0.2, 0.25) is 0 Å². The van der Waals surface area contributed by atoms with Gasteiger partial charge in [0, 0.05) is 0 Å². The minimum Gasteiger partial charge on any atom is -0.479 e. The minimum absolute atomic E-state index is 0.230. The summed E-state index contributed by atoms with van der Waals surface area (Å²) in [7, 11) is 0. The Morgan fingerprint density at radius 1 is 1.29 bits per heavy atom. The molecule has 0 bridgehead atoms. The molecule has 1 aliphatic rings. The van der Waals surface area contributed by atoms with Crippen molar-refractivity contribution in [3.63, 3.8) is 0 Å². The second-order valence-electron chi connectivity index (χ2n) is 3.00. The lowest BCUT2D eigenvalue weighted by Gasteiger charge is -2.43. The Kier molecular flexibility index (Phi) is 2.18. The molecule has 1 saturated heterocycles. The number of aliphatic hydroxyl groups is 1. The first-order valence-corrected chi connectivity index (χ1v) is 3.49. The maximum atomic E-state index is 11.8. The molecule has 1 rings (SSSR count). The number of β-amino-alcohol motifs (C(OH)–C–C–N with tert-alkyl or cyclic N) is 1. The van der Waals surface area contributed by atoms with Crippen LogP contribution in [0.3, 0.4) is 0 Å². The fraction of sp³-hybridized carbons (Fsp3) is 0.667. The van der Waals surface area contributed by atoms with E-state index < -0.39 is 36.7 Å². The number of hydrogen-bond donors (Lipinski definition) is 2. The molecule has 0 aromatic rings. The summed E-state index contributed by atoms with van der Waals surface area (Å²) < 4.78 is 35.3. The number of aliphatic carboxylic acids is 1. The molecule has 2 N–H and O–H groups in total. The van der Waals surface area contributed by atoms with E-state index in [9.17, 15) is 22.8 Å². The number of carbonyl (C=O) groups is 2. The summed E-state index contributed by atoms with van der Waals surface area (Å²) in [6.07, 6.45) is -5.03. The zero-order valence-electron chi connectivity index (χ0n) is 6.71. The molecule has 14 heavy (non-hydrogen) atoms. The molecule has 1 heterocycles. The number of carboxylic acid groups (broad SMARTS) is 1. The van der Waals surface area contributed by atoms with E-state index in [2.05, 4.69) is 0 Å². The monoisotopic (exact) mass is 213 g/mol. The molecule has 0 radical (unpaired) electrons. The third-order valence-corrected chi connectivity index (χ3v) is 1.83. The third kappa shape index (κ3) is 1.65. The molecule has 0 aromatic carbocycles. The van der Waals surface area contributed by atoms with E-state index in [0.29, 0.717) is 0 Å². The first-order valence-electron chi connectivity index (χ1n) is 3.49. The van der Waals surface area contributed by atoms with Crippen LogP contribution < -0.4 is 0 Å². The lowest BCUT2D eigenvalue weighted by Crippen LogP contribution is -2.69. The van der Waals surface area contributed by atoms with Gasteiger partial charge in [0.25, 0.3) is 0 Å². The molecular weight excluding hydrogens is 207 g/mol. The summed E-state index contributed by atoms with van der Waals surface area (Å²) >= 11 is 0. The van der Waals surface area contributed by atoms with Gasteiger partial charge in [0.05, 0.1) is 13.1 Å². The Bertz CT molecular complexity index is 281. The molecule has 0 unspecified atom stereocenters. The second kappa shape index (κ2) is 2.84. The molecule has 80 valence electrons. The number of nitrogens with zero attached hydrogens (tertiary/aromatic N) is 1. The molecule has 0 aromatic heterocycles. The zero-order valence-corrected chi connectivity index (χ0v) is 6.71. The molecule has 1 fully saturated rings. The predicted molar refractivity (Wildman–Crippen MR) is 35.2 cm³/mol. The van der Waals surface area contributed by atoms with E-state index >= 15 is 0 Å². The SMILES string of the molecule is O=C(N1CC(O)(C(=O)O)C1)C(F)(F)F. The highest BCUT2D eigenvalue weighted by atomic mass is 19.4. The number of halogens is 3. The van der Waals surface area contributed by atoms with Crippen LogP contribution in [0.5, 0.6) is 0 Å². The maximum Gasteiger partial charge on any atom is 0.471 e. The molecule has 0 saturated carbocycles. The Morgan fingerprint density at radius 2 is 1.71 bits per heavy atom. The van der Waals surface area contributed by atoms with Crippen LogP contribution in [-0.4, -0.2) is 51.9 Å². The molecule has 0 spiro atoms. The molecular formula is C6H6F3NO4. The number of hydrogen-bond acceptors (Lipinski definition) is 3. The van der Waals surface area contributed by atoms with Gasteiger partial charge in [-0.15, -0.1) is 0 Å². The van der Waals surface area contributed by atoms with Gasteiger partial charge in [0.15, 0.2) is 5.60 Å². The highest BCUT2D eigenvalue weighted by Crippen LogP contribution is 2.27. The number of likely N-dealkylation sites (tertiary alicyclic amines) is 1. The van der Waals surface area contributed by atoms with E-state index in [1.165, 1.54) is 0 Å². The smallest absolute Gasteiger partial charge is 0.471 e. The molecule has 8 heteroatoms. The van der Waals surface area contributed by atoms with Crippen molar-refractivity contribution in [2.45, 2.75) is 11.8 Å². The van der Waals surface area contributed by atoms with Crippen LogP contribution in [0.2, 0.25) is 0 Å². The lowest BCUT2D eigenvalue weighted by atomic mass is 9.94. The van der Waals surface area contributed by atoms with Crippen molar-refractivity contribution in [3.8, 4) is 0 Å². The summed E-state index contributed by atoms with van der Waals surface area (Å²) in [4.78, 5) is 20.9. The van der Waals surface area contributed by atoms with E-state index in [-0.39, 0.29) is 4.90 Å². The van der Waals surface area contributed by atoms with E-state index in [1.807, 2.05) is 0 Å². The van der Waals surface area contributed by atoms with Gasteiger partial charge < -0.3 is 15.1 Å². The summed E-state index contributed by atoms with van der Waals surface area (Å²) in [5.74, 6) is -3.77. The van der Waals surface area contributed by atoms with Gasteiger partial charge in [-0.2, -0.15) is 13.2 Å². The average Bonchev–Trinajstić information content (AvgIpc) is 1.95. The maximum absolute atomic E-state index is 11.8. The van der Waals surface area contributed by atoms with Gasteiger partial charge in [-0.3, -0.25) is 4.79 Å². The van der Waals surface area contributed by atoms with Gasteiger partial charge in [-0.25, -0.2) is 4.79 Å². The van der Waals surface area contributed by atoms with Gasteiger partial charge in [-0.05, 0) is 0 Å². The van der Waals surface area contributed by atoms with Gasteiger partial charge in [-0.1, -0.05) is 0 Å². The number of rotatable bonds is 1. The first kappa shape index (κ1) is 10.8. The van der Waals surface area contributed by atoms with Crippen molar-refractivity contribution in [2.75, 3.05) is 13.1 Å². The Labute approximate surface area is 75.7 Å². The fourth-order valence-corrected chi connectivity index (χ4v) is 1.04. The topological polar surface area (TPSA) is 77.8 Å². The third-order valence-electron chi connectivity index (χ3n) is 1.83. The first-order chi connectivity index (χ1) is 6.17. The highest BCUT2D eigenvalue weighted by molar-refractivity contribution is 5.87. The number of amides is 1. The van der Waals surface area contributed by atoms with Crippen molar-refractivity contribution in [3.05, 3.63) is 0 Å². The van der Waals surface area contributed by atoms with Crippen LogP contribution >= 0.6 is 0 Å². The van der Waals surface area contributed by atoms with Crippen LogP contribution in [0, 0.1) is 0 Å². The zero-order chi connectivity index (χ0) is 11.1. The van der Waals surface area contributed by atoms with Gasteiger partial charge >= 0.3 is 18.1 Å². The lowest BCUT2D eigenvalue weighted by molar-refractivity contribution is -0.208. The van der Waals surface area contributed by atoms with Crippen LogP contribution in [-0.2, 0) is 9.59 Å². The standard InChI is InChI=1S/C6H6F3NO4/c7-6(8,9)3(11)10-1-5(14,2-10)4(12)13/h14H,1-2H2,(H,12,13). The quantitative estimate of drug-likeness (QED) is 0.598. The number of alkyl halides is 3. The Hall–Kier alpha value is -1.31. The average molecular weight is 213 g/mol. The van der Waals surface area contributed by atoms with Crippen LogP contribution in [0.25, 0.3) is 0 Å². The largest absolute Gasteiger partial charge is 0.479 e. The second-order valence-corrected chi connectivity index (χ2v) is 3.00. The Balaban J connectivity index is 2.58. The summed E-state index contributed by atoms with van der Waals surface area (Å²) in [6.45, 7) is -1.67. The van der Waals surface area contributed by atoms with Crippen molar-refractivity contribution in [1.29, 1.82) is 0 Å². The normalized spacial score (nSPS) is 20.1. The number of carboxylic acids is 1. The van der Waals surface area contributed by atoms with Crippen LogP contribution in [0.1, 0.15) is 0 Å².